The van der Waals surface area contributed by atoms with Gasteiger partial charge in [-0.15, -0.1) is 0 Å². The fraction of sp³-hybridized carbons (Fsp3) is 0.467. The normalized spacial score (nSPS) is 13.3. The number of hydrogen-bond acceptors (Lipinski definition) is 1. The number of nitrogens with one attached hydrogen (secondary N) is 1. The lowest BCUT2D eigenvalue weighted by molar-refractivity contribution is 0.233. The van der Waals surface area contributed by atoms with E-state index in [1.54, 1.807) is 0 Å². The van der Waals surface area contributed by atoms with Crippen LogP contribution < -0.4 is 0 Å². The number of H-pyrrole nitrogens is 1. The van der Waals surface area contributed by atoms with Crippen LogP contribution in [0.2, 0.25) is 0 Å². The van der Waals surface area contributed by atoms with Crippen molar-refractivity contribution < 1.29 is 0 Å². The largest absolute Gasteiger partial charge is 0.361 e. The quantitative estimate of drug-likeness (QED) is 0.804. The van der Waals surface area contributed by atoms with Crippen LogP contribution >= 0.6 is 15.9 Å². The standard InChI is InChI=1S/C15H21BrN2/c1-3-18(9-8-16)12(2)10-13-11-17-15-7-5-4-6-14(13)15/h4-7,11-12,17H,3,8-10H2,1-2H3/t12-/m1/s1. The first-order valence-electron chi connectivity index (χ1n) is 6.61. The fourth-order valence-corrected chi connectivity index (χ4v) is 3.00. The second-order valence-electron chi connectivity index (χ2n) is 4.73. The van der Waals surface area contributed by atoms with Crippen LogP contribution in [0.3, 0.4) is 0 Å². The molecule has 0 saturated carbocycles. The third-order valence-corrected chi connectivity index (χ3v) is 3.95. The summed E-state index contributed by atoms with van der Waals surface area (Å²) in [5, 5.41) is 2.40. The zero-order valence-electron chi connectivity index (χ0n) is 11.1. The Bertz CT molecular complexity index is 492. The molecule has 2 rings (SSSR count). The average Bonchev–Trinajstić information content (AvgIpc) is 2.79. The number of aromatic nitrogens is 1. The van der Waals surface area contributed by atoms with Gasteiger partial charge in [-0.2, -0.15) is 0 Å². The van der Waals surface area contributed by atoms with E-state index in [9.17, 15) is 0 Å². The highest BCUT2D eigenvalue weighted by Gasteiger charge is 2.13. The van der Waals surface area contributed by atoms with Crippen molar-refractivity contribution >= 4 is 26.8 Å². The van der Waals surface area contributed by atoms with Crippen LogP contribution in [0.5, 0.6) is 0 Å². The van der Waals surface area contributed by atoms with Crippen LogP contribution in [0.4, 0.5) is 0 Å². The Hall–Kier alpha value is -0.800. The number of likely N-dealkylation sites (N-methyl/N-ethyl adjacent to an activating group) is 1. The van der Waals surface area contributed by atoms with Crippen LogP contribution in [-0.2, 0) is 6.42 Å². The van der Waals surface area contributed by atoms with Crippen molar-refractivity contribution in [3.8, 4) is 0 Å². The molecule has 1 heterocycles. The van der Waals surface area contributed by atoms with Crippen LogP contribution in [-0.4, -0.2) is 34.3 Å². The number of aromatic amines is 1. The van der Waals surface area contributed by atoms with Gasteiger partial charge in [0.15, 0.2) is 0 Å². The minimum Gasteiger partial charge on any atom is -0.361 e. The minimum absolute atomic E-state index is 0.576. The maximum absolute atomic E-state index is 3.53. The summed E-state index contributed by atoms with van der Waals surface area (Å²) in [6, 6.07) is 9.11. The van der Waals surface area contributed by atoms with Gasteiger partial charge < -0.3 is 4.98 Å². The van der Waals surface area contributed by atoms with Gasteiger partial charge in [0.25, 0.3) is 0 Å². The number of halogens is 1. The van der Waals surface area contributed by atoms with Gasteiger partial charge in [0.05, 0.1) is 0 Å². The van der Waals surface area contributed by atoms with Gasteiger partial charge >= 0.3 is 0 Å². The highest BCUT2D eigenvalue weighted by molar-refractivity contribution is 9.09. The molecule has 0 saturated heterocycles. The van der Waals surface area contributed by atoms with E-state index >= 15 is 0 Å². The van der Waals surface area contributed by atoms with Crippen LogP contribution in [0.1, 0.15) is 19.4 Å². The lowest BCUT2D eigenvalue weighted by atomic mass is 10.1. The van der Waals surface area contributed by atoms with E-state index in [-0.39, 0.29) is 0 Å². The molecule has 98 valence electrons. The van der Waals surface area contributed by atoms with Gasteiger partial charge in [-0.05, 0) is 31.5 Å². The third kappa shape index (κ3) is 2.96. The number of alkyl halides is 1. The highest BCUT2D eigenvalue weighted by atomic mass is 79.9. The smallest absolute Gasteiger partial charge is 0.0456 e. The fourth-order valence-electron chi connectivity index (χ4n) is 2.55. The van der Waals surface area contributed by atoms with Crippen LogP contribution in [0.15, 0.2) is 30.5 Å². The monoisotopic (exact) mass is 308 g/mol. The number of fused-ring (bicyclic) bond motifs is 1. The first-order valence-corrected chi connectivity index (χ1v) is 7.73. The molecule has 1 aromatic carbocycles. The topological polar surface area (TPSA) is 19.0 Å². The lowest BCUT2D eigenvalue weighted by Gasteiger charge is -2.26. The maximum atomic E-state index is 3.53. The predicted molar refractivity (Wildman–Crippen MR) is 82.5 cm³/mol. The SMILES string of the molecule is CCN(CCBr)[C@H](C)Cc1c[nH]c2ccccc12. The molecular weight excluding hydrogens is 288 g/mol. The second kappa shape index (κ2) is 6.39. The molecule has 1 aromatic heterocycles. The molecule has 1 N–H and O–H groups in total. The van der Waals surface area contributed by atoms with Gasteiger partial charge in [0, 0.05) is 35.0 Å². The molecule has 0 unspecified atom stereocenters. The molecule has 0 amide bonds. The first kappa shape index (κ1) is 13.6. The van der Waals surface area contributed by atoms with Gasteiger partial charge in [0.2, 0.25) is 0 Å². The van der Waals surface area contributed by atoms with Crippen molar-refractivity contribution in [2.45, 2.75) is 26.3 Å². The third-order valence-electron chi connectivity index (χ3n) is 3.59. The van der Waals surface area contributed by atoms with Crippen molar-refractivity contribution in [1.82, 2.24) is 9.88 Å². The molecule has 0 spiro atoms. The summed E-state index contributed by atoms with van der Waals surface area (Å²) in [5.74, 6) is 0. The number of nitrogens with zero attached hydrogens (tertiary/aromatic N) is 1. The molecule has 3 heteroatoms. The van der Waals surface area contributed by atoms with Crippen molar-refractivity contribution in [2.75, 3.05) is 18.4 Å². The molecule has 0 fully saturated rings. The van der Waals surface area contributed by atoms with E-state index in [0.717, 1.165) is 24.8 Å². The van der Waals surface area contributed by atoms with E-state index in [1.165, 1.54) is 16.5 Å². The zero-order valence-corrected chi connectivity index (χ0v) is 12.7. The van der Waals surface area contributed by atoms with Gasteiger partial charge in [-0.25, -0.2) is 0 Å². The molecule has 0 bridgehead atoms. The summed E-state index contributed by atoms with van der Waals surface area (Å²) in [6.07, 6.45) is 3.26. The summed E-state index contributed by atoms with van der Waals surface area (Å²) in [7, 11) is 0. The molecule has 2 nitrogen and oxygen atoms in total. The predicted octanol–water partition coefficient (Wildman–Crippen LogP) is 3.82. The van der Waals surface area contributed by atoms with Gasteiger partial charge in [-0.3, -0.25) is 4.90 Å². The molecule has 0 aliphatic carbocycles. The Morgan fingerprint density at radius 2 is 2.11 bits per heavy atom. The Morgan fingerprint density at radius 3 is 2.83 bits per heavy atom. The van der Waals surface area contributed by atoms with E-state index in [0.29, 0.717) is 6.04 Å². The number of para-hydroxylation sites is 1. The maximum Gasteiger partial charge on any atom is 0.0456 e. The Labute approximate surface area is 118 Å². The first-order chi connectivity index (χ1) is 8.76. The molecule has 0 aliphatic heterocycles. The number of hydrogen-bond donors (Lipinski definition) is 1. The second-order valence-corrected chi connectivity index (χ2v) is 5.52. The van der Waals surface area contributed by atoms with E-state index < -0.39 is 0 Å². The summed E-state index contributed by atoms with van der Waals surface area (Å²) in [5.41, 5.74) is 2.66. The molecule has 0 aliphatic rings. The van der Waals surface area contributed by atoms with E-state index in [2.05, 4.69) is 70.1 Å². The Morgan fingerprint density at radius 1 is 1.33 bits per heavy atom. The number of benzene rings is 1. The highest BCUT2D eigenvalue weighted by Crippen LogP contribution is 2.20. The molecule has 2 aromatic rings. The van der Waals surface area contributed by atoms with Gasteiger partial charge in [-0.1, -0.05) is 41.1 Å². The van der Waals surface area contributed by atoms with E-state index in [1.807, 2.05) is 0 Å². The summed E-state index contributed by atoms with van der Waals surface area (Å²) in [4.78, 5) is 5.87. The zero-order chi connectivity index (χ0) is 13.0. The molecule has 0 radical (unpaired) electrons. The Balaban J connectivity index is 2.13. The van der Waals surface area contributed by atoms with Crippen LogP contribution in [0.25, 0.3) is 10.9 Å². The lowest BCUT2D eigenvalue weighted by Crippen LogP contribution is -2.35. The van der Waals surface area contributed by atoms with Gasteiger partial charge in [0.1, 0.15) is 0 Å². The van der Waals surface area contributed by atoms with Crippen molar-refractivity contribution in [3.05, 3.63) is 36.0 Å². The van der Waals surface area contributed by atoms with Crippen molar-refractivity contribution in [2.24, 2.45) is 0 Å². The average molecular weight is 309 g/mol. The number of rotatable bonds is 6. The van der Waals surface area contributed by atoms with Crippen LogP contribution in [0, 0.1) is 0 Å². The Kier molecular flexibility index (Phi) is 4.84. The van der Waals surface area contributed by atoms with Crippen molar-refractivity contribution in [1.29, 1.82) is 0 Å². The summed E-state index contributed by atoms with van der Waals surface area (Å²) in [6.45, 7) is 6.76. The van der Waals surface area contributed by atoms with E-state index in [4.69, 9.17) is 0 Å². The summed E-state index contributed by atoms with van der Waals surface area (Å²) < 4.78 is 0. The molecule has 18 heavy (non-hydrogen) atoms. The summed E-state index contributed by atoms with van der Waals surface area (Å²) >= 11 is 3.53. The molecular formula is C15H21BrN2. The van der Waals surface area contributed by atoms with Crippen molar-refractivity contribution in [3.63, 3.8) is 0 Å². The molecule has 1 atom stereocenters. The minimum atomic E-state index is 0.576.